The van der Waals surface area contributed by atoms with Gasteiger partial charge in [0.05, 0.1) is 11.8 Å². The fourth-order valence-corrected chi connectivity index (χ4v) is 3.26. The van der Waals surface area contributed by atoms with Gasteiger partial charge in [-0.25, -0.2) is 0 Å². The Bertz CT molecular complexity index is 398. The van der Waals surface area contributed by atoms with Crippen LogP contribution in [0.15, 0.2) is 12.2 Å². The van der Waals surface area contributed by atoms with Crippen molar-refractivity contribution in [1.29, 1.82) is 0 Å². The first kappa shape index (κ1) is 9.57. The first-order valence-electron chi connectivity index (χ1n) is 5.35. The zero-order valence-electron chi connectivity index (χ0n) is 8.50. The van der Waals surface area contributed by atoms with E-state index in [2.05, 4.69) is 0 Å². The lowest BCUT2D eigenvalue weighted by Gasteiger charge is -2.14. The number of rotatable bonds is 2. The van der Waals surface area contributed by atoms with Crippen LogP contribution < -0.4 is 0 Å². The average molecular weight is 221 g/mol. The van der Waals surface area contributed by atoms with Gasteiger partial charge in [0.15, 0.2) is 0 Å². The summed E-state index contributed by atoms with van der Waals surface area (Å²) in [5.41, 5.74) is 0. The fraction of sp³-hybridized carbons (Fsp3) is 0.545. The number of nitrogens with zero attached hydrogens (tertiary/aromatic N) is 1. The van der Waals surface area contributed by atoms with Gasteiger partial charge >= 0.3 is 5.97 Å². The molecule has 1 N–H and O–H groups in total. The zero-order valence-corrected chi connectivity index (χ0v) is 8.50. The van der Waals surface area contributed by atoms with Gasteiger partial charge in [0, 0.05) is 0 Å². The van der Waals surface area contributed by atoms with Crippen LogP contribution in [0.2, 0.25) is 0 Å². The van der Waals surface area contributed by atoms with Crippen molar-refractivity contribution in [2.75, 3.05) is 6.54 Å². The minimum absolute atomic E-state index is 0.144. The number of carbonyl (C=O) groups is 3. The van der Waals surface area contributed by atoms with E-state index in [1.54, 1.807) is 0 Å². The van der Waals surface area contributed by atoms with Crippen LogP contribution in [0.3, 0.4) is 0 Å². The molecule has 2 amide bonds. The van der Waals surface area contributed by atoms with Crippen LogP contribution in [0.4, 0.5) is 0 Å². The molecule has 4 atom stereocenters. The Kier molecular flexibility index (Phi) is 1.75. The van der Waals surface area contributed by atoms with E-state index in [4.69, 9.17) is 5.11 Å². The van der Waals surface area contributed by atoms with Gasteiger partial charge in [0.25, 0.3) is 0 Å². The van der Waals surface area contributed by atoms with Gasteiger partial charge in [0.2, 0.25) is 11.8 Å². The lowest BCUT2D eigenvalue weighted by molar-refractivity contribution is -0.149. The topological polar surface area (TPSA) is 74.7 Å². The van der Waals surface area contributed by atoms with Gasteiger partial charge in [0.1, 0.15) is 6.54 Å². The molecule has 1 saturated heterocycles. The molecule has 0 spiro atoms. The van der Waals surface area contributed by atoms with E-state index >= 15 is 0 Å². The molecule has 3 rings (SSSR count). The molecular formula is C11H11NO4. The minimum Gasteiger partial charge on any atom is -0.480 e. The van der Waals surface area contributed by atoms with Crippen LogP contribution in [0.5, 0.6) is 0 Å². The number of fused-ring (bicyclic) bond motifs is 5. The highest BCUT2D eigenvalue weighted by Gasteiger charge is 2.59. The van der Waals surface area contributed by atoms with Gasteiger partial charge in [-0.05, 0) is 18.3 Å². The van der Waals surface area contributed by atoms with Crippen molar-refractivity contribution in [3.8, 4) is 0 Å². The summed E-state index contributed by atoms with van der Waals surface area (Å²) in [5.74, 6) is -2.02. The number of imide groups is 1. The number of likely N-dealkylation sites (tertiary alicyclic amines) is 1. The molecule has 5 heteroatoms. The Morgan fingerprint density at radius 3 is 2.19 bits per heavy atom. The average Bonchev–Trinajstić information content (AvgIpc) is 2.87. The molecule has 0 aromatic carbocycles. The molecule has 1 aliphatic heterocycles. The molecule has 1 heterocycles. The first-order valence-corrected chi connectivity index (χ1v) is 5.35. The summed E-state index contributed by atoms with van der Waals surface area (Å²) in [6.45, 7) is -0.496. The molecule has 5 nitrogen and oxygen atoms in total. The molecule has 0 unspecified atom stereocenters. The summed E-state index contributed by atoms with van der Waals surface area (Å²) < 4.78 is 0. The number of hydrogen-bond acceptors (Lipinski definition) is 3. The third kappa shape index (κ3) is 1.03. The summed E-state index contributed by atoms with van der Waals surface area (Å²) in [6, 6.07) is 0. The second-order valence-corrected chi connectivity index (χ2v) is 4.66. The Labute approximate surface area is 91.7 Å². The Hall–Kier alpha value is -1.65. The molecular weight excluding hydrogens is 210 g/mol. The van der Waals surface area contributed by atoms with Crippen LogP contribution >= 0.6 is 0 Å². The van der Waals surface area contributed by atoms with Gasteiger partial charge in [-0.15, -0.1) is 0 Å². The van der Waals surface area contributed by atoms with Crippen LogP contribution in [0.25, 0.3) is 0 Å². The number of aliphatic carboxylic acids is 1. The molecule has 3 aliphatic rings. The van der Waals surface area contributed by atoms with Gasteiger partial charge < -0.3 is 5.11 Å². The van der Waals surface area contributed by atoms with Crippen molar-refractivity contribution < 1.29 is 19.5 Å². The Morgan fingerprint density at radius 1 is 1.25 bits per heavy atom. The van der Waals surface area contributed by atoms with E-state index in [9.17, 15) is 14.4 Å². The van der Waals surface area contributed by atoms with Crippen LogP contribution in [-0.2, 0) is 14.4 Å². The quantitative estimate of drug-likeness (QED) is 0.521. The van der Waals surface area contributed by atoms with E-state index in [-0.39, 0.29) is 35.5 Å². The number of allylic oxidation sites excluding steroid dienone is 2. The molecule has 0 aromatic heterocycles. The maximum Gasteiger partial charge on any atom is 0.323 e. The summed E-state index contributed by atoms with van der Waals surface area (Å²) in [5, 5.41) is 8.66. The van der Waals surface area contributed by atoms with Crippen molar-refractivity contribution in [3.05, 3.63) is 12.2 Å². The summed E-state index contributed by atoms with van der Waals surface area (Å²) in [7, 11) is 0. The first-order chi connectivity index (χ1) is 7.59. The fourth-order valence-electron chi connectivity index (χ4n) is 3.26. The number of carboxylic acids is 1. The predicted molar refractivity (Wildman–Crippen MR) is 52.1 cm³/mol. The second-order valence-electron chi connectivity index (χ2n) is 4.66. The van der Waals surface area contributed by atoms with E-state index < -0.39 is 12.5 Å². The van der Waals surface area contributed by atoms with Gasteiger partial charge in [-0.3, -0.25) is 19.3 Å². The minimum atomic E-state index is -1.14. The molecule has 2 aliphatic carbocycles. The number of carbonyl (C=O) groups excluding carboxylic acids is 2. The normalized spacial score (nSPS) is 39.6. The summed E-state index contributed by atoms with van der Waals surface area (Å²) in [6.07, 6.45) is 4.84. The molecule has 2 bridgehead atoms. The second kappa shape index (κ2) is 2.93. The number of amides is 2. The SMILES string of the molecule is O=C(O)CN1C(=O)[C@@H]2[C@H](C1=O)[C@@H]1C=C[C@H]2C1. The maximum absolute atomic E-state index is 11.9. The van der Waals surface area contributed by atoms with Gasteiger partial charge in [-0.2, -0.15) is 0 Å². The molecule has 2 fully saturated rings. The van der Waals surface area contributed by atoms with Crippen molar-refractivity contribution in [3.63, 3.8) is 0 Å². The van der Waals surface area contributed by atoms with Crippen molar-refractivity contribution in [1.82, 2.24) is 4.90 Å². The highest BCUT2D eigenvalue weighted by atomic mass is 16.4. The summed E-state index contributed by atoms with van der Waals surface area (Å²) in [4.78, 5) is 35.4. The Balaban J connectivity index is 1.91. The maximum atomic E-state index is 11.9. The third-order valence-corrected chi connectivity index (χ3v) is 3.86. The van der Waals surface area contributed by atoms with E-state index in [1.165, 1.54) is 0 Å². The van der Waals surface area contributed by atoms with E-state index in [0.29, 0.717) is 0 Å². The highest BCUT2D eigenvalue weighted by molar-refractivity contribution is 6.08. The van der Waals surface area contributed by atoms with Crippen LogP contribution in [0, 0.1) is 23.7 Å². The standard InChI is InChI=1S/C11H11NO4/c13-7(14)4-12-10(15)8-5-1-2-6(3-5)9(8)11(12)16/h1-2,5-6,8-9H,3-4H2,(H,13,14)/t5-,6+,8-,9+. The van der Waals surface area contributed by atoms with Crippen molar-refractivity contribution >= 4 is 17.8 Å². The zero-order chi connectivity index (χ0) is 11.4. The Morgan fingerprint density at radius 2 is 1.75 bits per heavy atom. The van der Waals surface area contributed by atoms with Gasteiger partial charge in [-0.1, -0.05) is 12.2 Å². The smallest absolute Gasteiger partial charge is 0.323 e. The summed E-state index contributed by atoms with van der Waals surface area (Å²) >= 11 is 0. The van der Waals surface area contributed by atoms with Crippen molar-refractivity contribution in [2.24, 2.45) is 23.7 Å². The molecule has 0 radical (unpaired) electrons. The number of hydrogen-bond donors (Lipinski definition) is 1. The largest absolute Gasteiger partial charge is 0.480 e. The lowest BCUT2D eigenvalue weighted by Crippen LogP contribution is -2.37. The van der Waals surface area contributed by atoms with E-state index in [1.807, 2.05) is 12.2 Å². The highest BCUT2D eigenvalue weighted by Crippen LogP contribution is 2.52. The molecule has 84 valence electrons. The third-order valence-electron chi connectivity index (χ3n) is 3.86. The molecule has 16 heavy (non-hydrogen) atoms. The van der Waals surface area contributed by atoms with Crippen molar-refractivity contribution in [2.45, 2.75) is 6.42 Å². The van der Waals surface area contributed by atoms with Crippen LogP contribution in [0.1, 0.15) is 6.42 Å². The monoisotopic (exact) mass is 221 g/mol. The molecule has 1 saturated carbocycles. The predicted octanol–water partition coefficient (Wildman–Crippen LogP) is -0.122. The number of carboxylic acid groups (broad SMARTS) is 1. The lowest BCUT2D eigenvalue weighted by atomic mass is 9.85. The van der Waals surface area contributed by atoms with Crippen LogP contribution in [-0.4, -0.2) is 34.3 Å². The van der Waals surface area contributed by atoms with E-state index in [0.717, 1.165) is 11.3 Å². The molecule has 0 aromatic rings.